The Hall–Kier alpha value is -1.62. The zero-order chi connectivity index (χ0) is 14.5. The molecule has 0 bridgehead atoms. The molecule has 1 aliphatic rings. The Kier molecular flexibility index (Phi) is 4.95. The second-order valence-electron chi connectivity index (χ2n) is 5.52. The van der Waals surface area contributed by atoms with E-state index in [1.54, 1.807) is 25.2 Å². The summed E-state index contributed by atoms with van der Waals surface area (Å²) in [7, 11) is 3.49. The van der Waals surface area contributed by atoms with E-state index < -0.39 is 0 Å². The highest BCUT2D eigenvalue weighted by Gasteiger charge is 2.25. The monoisotopic (exact) mass is 276 g/mol. The van der Waals surface area contributed by atoms with Crippen molar-refractivity contribution in [2.24, 2.45) is 5.73 Å². The van der Waals surface area contributed by atoms with Crippen molar-refractivity contribution in [3.63, 3.8) is 0 Å². The third kappa shape index (κ3) is 3.28. The van der Waals surface area contributed by atoms with E-state index >= 15 is 0 Å². The van der Waals surface area contributed by atoms with Gasteiger partial charge in [0, 0.05) is 38.6 Å². The smallest absolute Gasteiger partial charge is 0.272 e. The average Bonchev–Trinajstić information content (AvgIpc) is 2.92. The van der Waals surface area contributed by atoms with Crippen LogP contribution in [0.3, 0.4) is 0 Å². The van der Waals surface area contributed by atoms with Gasteiger partial charge in [-0.2, -0.15) is 0 Å². The molecule has 1 saturated heterocycles. The normalized spacial score (nSPS) is 18.4. The van der Waals surface area contributed by atoms with E-state index in [2.05, 4.69) is 9.88 Å². The van der Waals surface area contributed by atoms with Crippen molar-refractivity contribution in [2.75, 3.05) is 32.1 Å². The lowest BCUT2D eigenvalue weighted by Crippen LogP contribution is -2.30. The number of rotatable bonds is 5. The first-order valence-electron chi connectivity index (χ1n) is 7.28. The summed E-state index contributed by atoms with van der Waals surface area (Å²) in [5.74, 6) is -0.0513. The van der Waals surface area contributed by atoms with Crippen LogP contribution in [0, 0.1) is 0 Å². The number of nitrogens with zero attached hydrogens (tertiary/aromatic N) is 3. The lowest BCUT2D eigenvalue weighted by atomic mass is 10.1. The SMILES string of the molecule is CN(C)C(=O)c1cc(N2CCCC2CCCN)ccn1. The van der Waals surface area contributed by atoms with Crippen molar-refractivity contribution in [1.82, 2.24) is 9.88 Å². The lowest BCUT2D eigenvalue weighted by molar-refractivity contribution is 0.0822. The van der Waals surface area contributed by atoms with Gasteiger partial charge in [0.2, 0.25) is 0 Å². The fourth-order valence-corrected chi connectivity index (χ4v) is 2.77. The highest BCUT2D eigenvalue weighted by molar-refractivity contribution is 5.92. The molecule has 1 atom stereocenters. The molecule has 110 valence electrons. The molecule has 5 heteroatoms. The average molecular weight is 276 g/mol. The number of anilines is 1. The highest BCUT2D eigenvalue weighted by atomic mass is 16.2. The summed E-state index contributed by atoms with van der Waals surface area (Å²) in [6.07, 6.45) is 6.31. The number of nitrogens with two attached hydrogens (primary N) is 1. The van der Waals surface area contributed by atoms with Gasteiger partial charge in [0.15, 0.2) is 0 Å². The van der Waals surface area contributed by atoms with E-state index in [0.717, 1.165) is 31.6 Å². The Balaban J connectivity index is 2.15. The van der Waals surface area contributed by atoms with Crippen LogP contribution in [0.5, 0.6) is 0 Å². The van der Waals surface area contributed by atoms with Crippen LogP contribution in [0.25, 0.3) is 0 Å². The van der Waals surface area contributed by atoms with Crippen molar-refractivity contribution in [1.29, 1.82) is 0 Å². The number of carbonyl (C=O) groups excluding carboxylic acids is 1. The van der Waals surface area contributed by atoms with Crippen LogP contribution in [-0.4, -0.2) is 49.0 Å². The van der Waals surface area contributed by atoms with Gasteiger partial charge < -0.3 is 15.5 Å². The van der Waals surface area contributed by atoms with Gasteiger partial charge >= 0.3 is 0 Å². The molecule has 0 aliphatic carbocycles. The van der Waals surface area contributed by atoms with Gasteiger partial charge in [-0.3, -0.25) is 9.78 Å². The highest BCUT2D eigenvalue weighted by Crippen LogP contribution is 2.28. The molecule has 0 spiro atoms. The first-order chi connectivity index (χ1) is 9.63. The topological polar surface area (TPSA) is 62.5 Å². The first kappa shape index (κ1) is 14.8. The second-order valence-corrected chi connectivity index (χ2v) is 5.52. The molecule has 1 amide bonds. The number of aromatic nitrogens is 1. The van der Waals surface area contributed by atoms with Crippen molar-refractivity contribution in [3.8, 4) is 0 Å². The van der Waals surface area contributed by atoms with Crippen LogP contribution < -0.4 is 10.6 Å². The number of carbonyl (C=O) groups is 1. The first-order valence-corrected chi connectivity index (χ1v) is 7.28. The number of hydrogen-bond acceptors (Lipinski definition) is 4. The summed E-state index contributed by atoms with van der Waals surface area (Å²) in [4.78, 5) is 20.1. The van der Waals surface area contributed by atoms with Gasteiger partial charge in [-0.1, -0.05) is 0 Å². The van der Waals surface area contributed by atoms with E-state index in [9.17, 15) is 4.79 Å². The maximum atomic E-state index is 12.0. The molecular weight excluding hydrogens is 252 g/mol. The van der Waals surface area contributed by atoms with Crippen molar-refractivity contribution >= 4 is 11.6 Å². The van der Waals surface area contributed by atoms with Gasteiger partial charge in [0.05, 0.1) is 0 Å². The maximum Gasteiger partial charge on any atom is 0.272 e. The third-order valence-corrected chi connectivity index (χ3v) is 3.82. The summed E-state index contributed by atoms with van der Waals surface area (Å²) in [6, 6.07) is 4.44. The molecule has 1 fully saturated rings. The number of amides is 1. The standard InChI is InChI=1S/C15H24N4O/c1-18(2)15(20)14-11-13(7-9-17-14)19-10-4-6-12(19)5-3-8-16/h7,9,11-12H,3-6,8,10,16H2,1-2H3. The van der Waals surface area contributed by atoms with Crippen molar-refractivity contribution in [3.05, 3.63) is 24.0 Å². The van der Waals surface area contributed by atoms with Crippen molar-refractivity contribution in [2.45, 2.75) is 31.7 Å². The molecule has 1 unspecified atom stereocenters. The van der Waals surface area contributed by atoms with E-state index in [1.807, 2.05) is 12.1 Å². The molecule has 20 heavy (non-hydrogen) atoms. The molecule has 2 N–H and O–H groups in total. The van der Waals surface area contributed by atoms with E-state index in [4.69, 9.17) is 5.73 Å². The molecule has 1 aromatic rings. The van der Waals surface area contributed by atoms with E-state index in [1.165, 1.54) is 12.8 Å². The zero-order valence-corrected chi connectivity index (χ0v) is 12.4. The Labute approximate surface area is 120 Å². The maximum absolute atomic E-state index is 12.0. The molecule has 1 aromatic heterocycles. The third-order valence-electron chi connectivity index (χ3n) is 3.82. The molecule has 5 nitrogen and oxygen atoms in total. The summed E-state index contributed by atoms with van der Waals surface area (Å²) in [5.41, 5.74) is 7.22. The van der Waals surface area contributed by atoms with E-state index in [0.29, 0.717) is 11.7 Å². The molecular formula is C15H24N4O. The molecule has 0 radical (unpaired) electrons. The van der Waals surface area contributed by atoms with Crippen LogP contribution in [-0.2, 0) is 0 Å². The zero-order valence-electron chi connectivity index (χ0n) is 12.4. The Morgan fingerprint density at radius 3 is 3.05 bits per heavy atom. The fourth-order valence-electron chi connectivity index (χ4n) is 2.77. The lowest BCUT2D eigenvalue weighted by Gasteiger charge is -2.27. The van der Waals surface area contributed by atoms with Gasteiger partial charge in [-0.25, -0.2) is 0 Å². The second kappa shape index (κ2) is 6.70. The van der Waals surface area contributed by atoms with Gasteiger partial charge in [-0.05, 0) is 44.4 Å². The van der Waals surface area contributed by atoms with Crippen LogP contribution in [0.4, 0.5) is 5.69 Å². The molecule has 0 saturated carbocycles. The van der Waals surface area contributed by atoms with Gasteiger partial charge in [0.25, 0.3) is 5.91 Å². The summed E-state index contributed by atoms with van der Waals surface area (Å²) in [6.45, 7) is 1.79. The predicted molar refractivity (Wildman–Crippen MR) is 80.9 cm³/mol. The Bertz CT molecular complexity index is 461. The van der Waals surface area contributed by atoms with Gasteiger partial charge in [-0.15, -0.1) is 0 Å². The fraction of sp³-hybridized carbons (Fsp3) is 0.600. The minimum absolute atomic E-state index is 0.0513. The van der Waals surface area contributed by atoms with Crippen LogP contribution in [0.1, 0.15) is 36.2 Å². The summed E-state index contributed by atoms with van der Waals surface area (Å²) in [5, 5.41) is 0. The predicted octanol–water partition coefficient (Wildman–Crippen LogP) is 1.49. The largest absolute Gasteiger partial charge is 0.368 e. The van der Waals surface area contributed by atoms with Crippen LogP contribution >= 0.6 is 0 Å². The molecule has 0 aromatic carbocycles. The number of pyridine rings is 1. The van der Waals surface area contributed by atoms with Gasteiger partial charge in [0.1, 0.15) is 5.69 Å². The molecule has 1 aliphatic heterocycles. The van der Waals surface area contributed by atoms with Crippen LogP contribution in [0.15, 0.2) is 18.3 Å². The Morgan fingerprint density at radius 1 is 1.55 bits per heavy atom. The minimum atomic E-state index is -0.0513. The quantitative estimate of drug-likeness (QED) is 0.885. The summed E-state index contributed by atoms with van der Waals surface area (Å²) < 4.78 is 0. The van der Waals surface area contributed by atoms with Crippen LogP contribution in [0.2, 0.25) is 0 Å². The Morgan fingerprint density at radius 2 is 2.35 bits per heavy atom. The molecule has 2 rings (SSSR count). The van der Waals surface area contributed by atoms with E-state index in [-0.39, 0.29) is 5.91 Å². The van der Waals surface area contributed by atoms with Crippen molar-refractivity contribution < 1.29 is 4.79 Å². The summed E-state index contributed by atoms with van der Waals surface area (Å²) >= 11 is 0. The molecule has 2 heterocycles. The minimum Gasteiger partial charge on any atom is -0.368 e. The number of hydrogen-bond donors (Lipinski definition) is 1.